The first-order valence-corrected chi connectivity index (χ1v) is 28.2. The van der Waals surface area contributed by atoms with Gasteiger partial charge in [0.25, 0.3) is 0 Å². The molecule has 0 aromatic heterocycles. The number of unbranched alkanes of at least 4 members (excludes halogenated alkanes) is 5. The fourth-order valence-electron chi connectivity index (χ4n) is 4.75. The molecule has 0 amide bonds. The van der Waals surface area contributed by atoms with Crippen LogP contribution >= 0.6 is 0 Å². The zero-order valence-corrected chi connectivity index (χ0v) is 25.9. The van der Waals surface area contributed by atoms with E-state index < -0.39 is 36.8 Å². The average molecular weight is 592 g/mol. The molecule has 27 heavy (non-hydrogen) atoms. The zero-order chi connectivity index (χ0) is 20.4. The molecule has 0 saturated carbocycles. The molecule has 0 heterocycles. The Morgan fingerprint density at radius 2 is 0.630 bits per heavy atom. The summed E-state index contributed by atoms with van der Waals surface area (Å²) in [7, 11) is 0. The Hall–Kier alpha value is 1.34. The minimum absolute atomic E-state index is 1.40. The van der Waals surface area contributed by atoms with Gasteiger partial charge in [0, 0.05) is 0 Å². The Kier molecular flexibility index (Phi) is 19.0. The summed E-state index contributed by atoms with van der Waals surface area (Å²) in [4.78, 5) is 0. The van der Waals surface area contributed by atoms with Gasteiger partial charge in [0.05, 0.1) is 0 Å². The topological polar surface area (TPSA) is 0 Å². The molecule has 0 N–H and O–H groups in total. The summed E-state index contributed by atoms with van der Waals surface area (Å²) in [5, 5.41) is 0. The summed E-state index contributed by atoms with van der Waals surface area (Å²) in [6.07, 6.45) is 16.0. The van der Waals surface area contributed by atoms with Gasteiger partial charge in [-0.25, -0.2) is 0 Å². The van der Waals surface area contributed by atoms with Crippen LogP contribution in [0.3, 0.4) is 0 Å². The van der Waals surface area contributed by atoms with Crippen molar-refractivity contribution in [2.45, 2.75) is 139 Å². The van der Waals surface area contributed by atoms with Gasteiger partial charge in [0.2, 0.25) is 0 Å². The second kappa shape index (κ2) is 18.1. The molecule has 0 saturated heterocycles. The first kappa shape index (κ1) is 28.3. The van der Waals surface area contributed by atoms with Crippen LogP contribution < -0.4 is 0 Å². The Balaban J connectivity index is 5.66. The van der Waals surface area contributed by atoms with E-state index in [0.717, 1.165) is 0 Å². The van der Waals surface area contributed by atoms with Gasteiger partial charge in [-0.15, -0.1) is 0 Å². The van der Waals surface area contributed by atoms with E-state index in [-0.39, 0.29) is 0 Å². The molecule has 162 valence electrons. The van der Waals surface area contributed by atoms with E-state index in [1.165, 1.54) is 70.6 Å². The van der Waals surface area contributed by atoms with Crippen molar-refractivity contribution in [2.24, 2.45) is 0 Å². The molecule has 0 spiro atoms. The van der Waals surface area contributed by atoms with Gasteiger partial charge in [-0.3, -0.25) is 0 Å². The predicted octanol–water partition coefficient (Wildman–Crippen LogP) is 9.93. The molecular weight excluding hydrogens is 538 g/mol. The average Bonchev–Trinajstić information content (AvgIpc) is 2.69. The van der Waals surface area contributed by atoms with Crippen LogP contribution in [0.1, 0.15) is 112 Å². The monoisotopic (exact) mass is 594 g/mol. The van der Waals surface area contributed by atoms with Crippen LogP contribution in [0.15, 0.2) is 8.18 Å². The van der Waals surface area contributed by atoms with E-state index in [1.807, 2.05) is 0 Å². The number of hydrogen-bond donors (Lipinski definition) is 0. The standard InChI is InChI=1S/5C4H9.C3H7.C2H2.2Sn/c5*1-3-4-2;1-3-2;1-2;;/h5*1,3-4H2,2H3;1,3H2,2H3;1-2H;;. The molecule has 0 aliphatic carbocycles. The van der Waals surface area contributed by atoms with Gasteiger partial charge < -0.3 is 0 Å². The third-order valence-corrected chi connectivity index (χ3v) is 37.9. The number of rotatable bonds is 19. The molecule has 0 radical (unpaired) electrons. The van der Waals surface area contributed by atoms with Crippen LogP contribution in [-0.4, -0.2) is 36.8 Å². The van der Waals surface area contributed by atoms with Crippen molar-refractivity contribution in [3.8, 4) is 0 Å². The molecule has 2 heteroatoms. The fraction of sp³-hybridized carbons (Fsp3) is 0.920. The molecule has 0 rings (SSSR count). The maximum atomic E-state index is 3.08. The van der Waals surface area contributed by atoms with Gasteiger partial charge >= 0.3 is 184 Å². The van der Waals surface area contributed by atoms with E-state index in [1.54, 1.807) is 26.6 Å². The predicted molar refractivity (Wildman–Crippen MR) is 134 cm³/mol. The fourth-order valence-corrected chi connectivity index (χ4v) is 45.4. The van der Waals surface area contributed by atoms with Gasteiger partial charge in [-0.2, -0.15) is 0 Å². The van der Waals surface area contributed by atoms with Crippen LogP contribution in [-0.2, 0) is 0 Å². The molecule has 0 fully saturated rings. The summed E-state index contributed by atoms with van der Waals surface area (Å²) < 4.78 is 16.0. The molecule has 0 bridgehead atoms. The molecule has 0 nitrogen and oxygen atoms in total. The van der Waals surface area contributed by atoms with Gasteiger partial charge in [0.15, 0.2) is 0 Å². The Bertz CT molecular complexity index is 318. The molecule has 0 aromatic carbocycles. The molecule has 0 unspecified atom stereocenters. The van der Waals surface area contributed by atoms with Crippen LogP contribution in [0.2, 0.25) is 26.6 Å². The van der Waals surface area contributed by atoms with Crippen LogP contribution in [0.5, 0.6) is 0 Å². The van der Waals surface area contributed by atoms with Crippen molar-refractivity contribution in [1.29, 1.82) is 0 Å². The summed E-state index contributed by atoms with van der Waals surface area (Å²) in [5.74, 6) is 0. The quantitative estimate of drug-likeness (QED) is 0.131. The summed E-state index contributed by atoms with van der Waals surface area (Å²) in [5.41, 5.74) is 0. The van der Waals surface area contributed by atoms with E-state index >= 15 is 0 Å². The van der Waals surface area contributed by atoms with Crippen LogP contribution in [0, 0.1) is 0 Å². The molecule has 0 aliphatic rings. The Morgan fingerprint density at radius 1 is 0.370 bits per heavy atom. The van der Waals surface area contributed by atoms with Crippen molar-refractivity contribution in [3.63, 3.8) is 0 Å². The SMILES string of the molecule is CCC[CH2][Sn](/[CH]=[CH]/[Sn]([CH2]CCC)([CH2]CCC)[CH2]CCC)([CH2]CC)[CH2]CCC. The first-order chi connectivity index (χ1) is 13.1. The normalized spacial score (nSPS) is 13.0. The first-order valence-electron chi connectivity index (χ1n) is 12.8. The van der Waals surface area contributed by atoms with Crippen molar-refractivity contribution >= 4 is 36.8 Å². The summed E-state index contributed by atoms with van der Waals surface area (Å²) in [6.45, 7) is 14.5. The van der Waals surface area contributed by atoms with Gasteiger partial charge in [-0.05, 0) is 0 Å². The van der Waals surface area contributed by atoms with Crippen LogP contribution in [0.25, 0.3) is 0 Å². The summed E-state index contributed by atoms with van der Waals surface area (Å²) >= 11 is -4.16. The second-order valence-corrected chi connectivity index (χ2v) is 35.3. The summed E-state index contributed by atoms with van der Waals surface area (Å²) in [6, 6.07) is 0. The minimum atomic E-state index is -2.09. The maximum absolute atomic E-state index is 3.08. The second-order valence-electron chi connectivity index (χ2n) is 9.33. The molecule has 0 aromatic rings. The third-order valence-electron chi connectivity index (χ3n) is 6.68. The third kappa shape index (κ3) is 12.6. The van der Waals surface area contributed by atoms with E-state index in [0.29, 0.717) is 0 Å². The van der Waals surface area contributed by atoms with E-state index in [2.05, 4.69) is 49.7 Å². The molecule has 0 atom stereocenters. The Labute approximate surface area is 182 Å². The van der Waals surface area contributed by atoms with Crippen LogP contribution in [0.4, 0.5) is 0 Å². The molecular formula is C25H54Sn2. The number of hydrogen-bond acceptors (Lipinski definition) is 0. The van der Waals surface area contributed by atoms with Crippen molar-refractivity contribution in [1.82, 2.24) is 0 Å². The zero-order valence-electron chi connectivity index (χ0n) is 20.2. The van der Waals surface area contributed by atoms with Crippen molar-refractivity contribution < 1.29 is 0 Å². The van der Waals surface area contributed by atoms with Gasteiger partial charge in [-0.1, -0.05) is 0 Å². The Morgan fingerprint density at radius 3 is 0.852 bits per heavy atom. The van der Waals surface area contributed by atoms with E-state index in [4.69, 9.17) is 0 Å². The molecule has 0 aliphatic heterocycles. The van der Waals surface area contributed by atoms with Crippen molar-refractivity contribution in [2.75, 3.05) is 0 Å². The van der Waals surface area contributed by atoms with Crippen molar-refractivity contribution in [3.05, 3.63) is 8.18 Å². The van der Waals surface area contributed by atoms with Gasteiger partial charge in [0.1, 0.15) is 0 Å². The van der Waals surface area contributed by atoms with E-state index in [9.17, 15) is 0 Å².